The van der Waals surface area contributed by atoms with Crippen molar-refractivity contribution in [2.75, 3.05) is 13.1 Å². The van der Waals surface area contributed by atoms with Crippen LogP contribution in [0.5, 0.6) is 11.5 Å². The number of likely N-dealkylation sites (tertiary alicyclic amines) is 1. The summed E-state index contributed by atoms with van der Waals surface area (Å²) < 4.78 is 6.17. The van der Waals surface area contributed by atoms with Crippen LogP contribution in [0.1, 0.15) is 57.4 Å². The molecule has 0 radical (unpaired) electrons. The molecule has 1 fully saturated rings. The van der Waals surface area contributed by atoms with Gasteiger partial charge in [0.15, 0.2) is 5.43 Å². The zero-order chi connectivity index (χ0) is 23.5. The summed E-state index contributed by atoms with van der Waals surface area (Å²) >= 11 is 0. The number of fused-ring (bicyclic) bond motifs is 1. The Morgan fingerprint density at radius 2 is 1.73 bits per heavy atom. The van der Waals surface area contributed by atoms with E-state index < -0.39 is 0 Å². The van der Waals surface area contributed by atoms with Crippen LogP contribution >= 0.6 is 0 Å². The van der Waals surface area contributed by atoms with Gasteiger partial charge in [-0.1, -0.05) is 44.2 Å². The summed E-state index contributed by atoms with van der Waals surface area (Å²) in [5, 5.41) is 21.4. The van der Waals surface area contributed by atoms with Crippen molar-refractivity contribution in [3.05, 3.63) is 58.3 Å². The van der Waals surface area contributed by atoms with Crippen LogP contribution in [-0.4, -0.2) is 34.1 Å². The lowest BCUT2D eigenvalue weighted by Gasteiger charge is -2.29. The van der Waals surface area contributed by atoms with E-state index in [0.717, 1.165) is 37.9 Å². The van der Waals surface area contributed by atoms with Gasteiger partial charge in [-0.05, 0) is 31.6 Å². The van der Waals surface area contributed by atoms with E-state index in [1.807, 2.05) is 35.2 Å². The zero-order valence-corrected chi connectivity index (χ0v) is 19.2. The van der Waals surface area contributed by atoms with Crippen LogP contribution in [0.15, 0.2) is 51.7 Å². The molecule has 1 aromatic heterocycles. The molecule has 0 aliphatic carbocycles. The highest BCUT2D eigenvalue weighted by Crippen LogP contribution is 2.42. The number of hydrogen-bond acceptors (Lipinski definition) is 5. The van der Waals surface area contributed by atoms with Crippen LogP contribution in [0.25, 0.3) is 22.3 Å². The van der Waals surface area contributed by atoms with E-state index in [1.165, 1.54) is 12.1 Å². The largest absolute Gasteiger partial charge is 0.507 e. The molecule has 0 saturated carbocycles. The third-order valence-corrected chi connectivity index (χ3v) is 6.35. The van der Waals surface area contributed by atoms with Gasteiger partial charge in [0.05, 0.1) is 0 Å². The molecule has 0 bridgehead atoms. The lowest BCUT2D eigenvalue weighted by molar-refractivity contribution is -0.132. The number of carbonyl (C=O) groups is 1. The van der Waals surface area contributed by atoms with Crippen molar-refractivity contribution < 1.29 is 19.4 Å². The molecule has 0 spiro atoms. The second kappa shape index (κ2) is 9.69. The van der Waals surface area contributed by atoms with Crippen LogP contribution < -0.4 is 5.43 Å². The molecule has 3 aromatic rings. The van der Waals surface area contributed by atoms with E-state index in [-0.39, 0.29) is 52.1 Å². The third-order valence-electron chi connectivity index (χ3n) is 6.35. The number of phenols is 2. The summed E-state index contributed by atoms with van der Waals surface area (Å²) in [4.78, 5) is 28.0. The Morgan fingerprint density at radius 1 is 1.03 bits per heavy atom. The maximum atomic E-state index is 13.1. The van der Waals surface area contributed by atoms with Gasteiger partial charge in [0, 0.05) is 48.7 Å². The van der Waals surface area contributed by atoms with E-state index in [4.69, 9.17) is 4.42 Å². The molecule has 6 heteroatoms. The molecule has 2 N–H and O–H groups in total. The highest BCUT2D eigenvalue weighted by atomic mass is 16.3. The van der Waals surface area contributed by atoms with Crippen LogP contribution in [0.4, 0.5) is 0 Å². The maximum Gasteiger partial charge on any atom is 0.223 e. The summed E-state index contributed by atoms with van der Waals surface area (Å²) in [5.41, 5.74) is 0.891. The van der Waals surface area contributed by atoms with Crippen molar-refractivity contribution in [2.24, 2.45) is 5.92 Å². The van der Waals surface area contributed by atoms with Gasteiger partial charge in [0.2, 0.25) is 5.91 Å². The van der Waals surface area contributed by atoms with E-state index in [0.29, 0.717) is 17.7 Å². The second-order valence-electron chi connectivity index (χ2n) is 9.35. The average molecular weight is 450 g/mol. The van der Waals surface area contributed by atoms with Crippen molar-refractivity contribution in [2.45, 2.75) is 51.9 Å². The highest BCUT2D eigenvalue weighted by Gasteiger charge is 2.29. The molecule has 1 amide bonds. The molecule has 33 heavy (non-hydrogen) atoms. The fraction of sp³-hybridized carbons (Fsp3) is 0.407. The van der Waals surface area contributed by atoms with E-state index >= 15 is 0 Å². The van der Waals surface area contributed by atoms with E-state index in [9.17, 15) is 19.8 Å². The molecule has 1 saturated heterocycles. The van der Waals surface area contributed by atoms with Gasteiger partial charge in [-0.2, -0.15) is 0 Å². The summed E-state index contributed by atoms with van der Waals surface area (Å²) in [6.45, 7) is 5.62. The van der Waals surface area contributed by atoms with Crippen molar-refractivity contribution in [3.8, 4) is 22.8 Å². The Labute approximate surface area is 193 Å². The van der Waals surface area contributed by atoms with Gasteiger partial charge in [0.1, 0.15) is 28.2 Å². The second-order valence-corrected chi connectivity index (χ2v) is 9.35. The average Bonchev–Trinajstić information content (AvgIpc) is 2.79. The van der Waals surface area contributed by atoms with Crippen LogP contribution in [0, 0.1) is 5.92 Å². The van der Waals surface area contributed by atoms with E-state index in [2.05, 4.69) is 13.8 Å². The smallest absolute Gasteiger partial charge is 0.223 e. The molecule has 4 rings (SSSR count). The highest BCUT2D eigenvalue weighted by molar-refractivity contribution is 5.90. The normalized spacial score (nSPS) is 15.2. The molecule has 1 unspecified atom stereocenters. The Bertz CT molecular complexity index is 1190. The molecule has 6 nitrogen and oxygen atoms in total. The summed E-state index contributed by atoms with van der Waals surface area (Å²) in [7, 11) is 0. The van der Waals surface area contributed by atoms with Gasteiger partial charge < -0.3 is 19.5 Å². The SMILES string of the molecule is CC(C)CC(CC(=O)N1CCCCC1)c1c(O)cc(O)c2c(=O)cc(-c3ccccc3)oc12. The number of benzene rings is 2. The van der Waals surface area contributed by atoms with Gasteiger partial charge in [-0.3, -0.25) is 9.59 Å². The minimum Gasteiger partial charge on any atom is -0.507 e. The first-order chi connectivity index (χ1) is 15.8. The number of phenolic OH excluding ortho intramolecular Hbond substituents is 2. The van der Waals surface area contributed by atoms with Crippen molar-refractivity contribution in [3.63, 3.8) is 0 Å². The lowest BCUT2D eigenvalue weighted by Crippen LogP contribution is -2.36. The standard InChI is InChI=1S/C27H31NO5/c1-17(2)13-19(14-24(32)28-11-7-4-8-12-28)25-20(29)15-21(30)26-22(31)16-23(33-27(25)26)18-9-5-3-6-10-18/h3,5-6,9-10,15-17,19,29-30H,4,7-8,11-14H2,1-2H3. The van der Waals surface area contributed by atoms with Crippen LogP contribution in [0.3, 0.4) is 0 Å². The lowest BCUT2D eigenvalue weighted by atomic mass is 9.85. The summed E-state index contributed by atoms with van der Waals surface area (Å²) in [5.74, 6) is -0.198. The minimum absolute atomic E-state index is 0.0293. The molecule has 174 valence electrons. The van der Waals surface area contributed by atoms with Crippen molar-refractivity contribution in [1.29, 1.82) is 0 Å². The first kappa shape index (κ1) is 22.9. The van der Waals surface area contributed by atoms with Gasteiger partial charge in [-0.15, -0.1) is 0 Å². The topological polar surface area (TPSA) is 91.0 Å². The Hall–Kier alpha value is -3.28. The quantitative estimate of drug-likeness (QED) is 0.526. The molecular weight excluding hydrogens is 418 g/mol. The van der Waals surface area contributed by atoms with Gasteiger partial charge in [-0.25, -0.2) is 0 Å². The van der Waals surface area contributed by atoms with Gasteiger partial charge in [0.25, 0.3) is 0 Å². The van der Waals surface area contributed by atoms with Crippen molar-refractivity contribution in [1.82, 2.24) is 4.90 Å². The predicted octanol–water partition coefficient (Wildman–Crippen LogP) is 5.40. The number of piperidine rings is 1. The molecule has 1 atom stereocenters. The Balaban J connectivity index is 1.85. The molecule has 2 aromatic carbocycles. The number of rotatable bonds is 6. The monoisotopic (exact) mass is 449 g/mol. The fourth-order valence-electron chi connectivity index (χ4n) is 4.82. The first-order valence-corrected chi connectivity index (χ1v) is 11.7. The van der Waals surface area contributed by atoms with Gasteiger partial charge >= 0.3 is 0 Å². The molecular formula is C27H31NO5. The number of nitrogens with zero attached hydrogens (tertiary/aromatic N) is 1. The third kappa shape index (κ3) is 4.90. The predicted molar refractivity (Wildman–Crippen MR) is 128 cm³/mol. The summed E-state index contributed by atoms with van der Waals surface area (Å²) in [6.07, 6.45) is 3.99. The number of aromatic hydroxyl groups is 2. The van der Waals surface area contributed by atoms with Crippen LogP contribution in [-0.2, 0) is 4.79 Å². The van der Waals surface area contributed by atoms with Crippen LogP contribution in [0.2, 0.25) is 0 Å². The Kier molecular flexibility index (Phi) is 6.72. The Morgan fingerprint density at radius 3 is 2.39 bits per heavy atom. The summed E-state index contributed by atoms with van der Waals surface area (Å²) in [6, 6.07) is 11.8. The number of hydrogen-bond donors (Lipinski definition) is 2. The number of carbonyl (C=O) groups excluding carboxylic acids is 1. The minimum atomic E-state index is -0.389. The maximum absolute atomic E-state index is 13.1. The first-order valence-electron chi connectivity index (χ1n) is 11.7. The number of amides is 1. The fourth-order valence-corrected chi connectivity index (χ4v) is 4.82. The zero-order valence-electron chi connectivity index (χ0n) is 19.2. The van der Waals surface area contributed by atoms with Crippen molar-refractivity contribution >= 4 is 16.9 Å². The molecule has 2 heterocycles. The molecule has 1 aliphatic rings. The molecule has 1 aliphatic heterocycles. The van der Waals surface area contributed by atoms with E-state index in [1.54, 1.807) is 0 Å².